The third-order valence-corrected chi connectivity index (χ3v) is 5.58. The van der Waals surface area contributed by atoms with Crippen LogP contribution in [-0.4, -0.2) is 25.3 Å². The van der Waals surface area contributed by atoms with Crippen LogP contribution in [0.4, 0.5) is 5.69 Å². The first-order chi connectivity index (χ1) is 13.6. The summed E-state index contributed by atoms with van der Waals surface area (Å²) in [6.07, 6.45) is 5.16. The Morgan fingerprint density at radius 3 is 2.18 bits per heavy atom. The number of nitrogens with zero attached hydrogens (tertiary/aromatic N) is 1. The highest BCUT2D eigenvalue weighted by atomic mass is 16.5. The summed E-state index contributed by atoms with van der Waals surface area (Å²) in [6, 6.07) is 17.1. The molecule has 0 N–H and O–H groups in total. The number of allylic oxidation sites excluding steroid dienone is 1. The van der Waals surface area contributed by atoms with E-state index in [0.717, 1.165) is 37.4 Å². The highest BCUT2D eigenvalue weighted by Crippen LogP contribution is 2.30. The van der Waals surface area contributed by atoms with Gasteiger partial charge in [0.1, 0.15) is 17.6 Å². The monoisotopic (exact) mass is 377 g/mol. The van der Waals surface area contributed by atoms with Crippen molar-refractivity contribution in [2.75, 3.05) is 18.0 Å². The van der Waals surface area contributed by atoms with Crippen LogP contribution < -0.4 is 14.4 Å². The van der Waals surface area contributed by atoms with E-state index in [1.54, 1.807) is 0 Å². The molecule has 2 fully saturated rings. The molecule has 0 spiro atoms. The van der Waals surface area contributed by atoms with Crippen molar-refractivity contribution in [3.8, 4) is 11.5 Å². The van der Waals surface area contributed by atoms with E-state index in [0.29, 0.717) is 12.0 Å². The summed E-state index contributed by atoms with van der Waals surface area (Å²) in [5, 5.41) is 0. The van der Waals surface area contributed by atoms with Crippen LogP contribution in [0.1, 0.15) is 51.0 Å². The summed E-state index contributed by atoms with van der Waals surface area (Å²) < 4.78 is 12.1. The Morgan fingerprint density at radius 2 is 1.57 bits per heavy atom. The van der Waals surface area contributed by atoms with Gasteiger partial charge in [0.25, 0.3) is 0 Å². The molecule has 1 aliphatic heterocycles. The Labute approximate surface area is 169 Å². The Balaban J connectivity index is 1.30. The lowest BCUT2D eigenvalue weighted by Gasteiger charge is -2.20. The SMILES string of the molecule is C=C(C)C[C@@H](C)c1ccc(OC2CCN(c3ccc(OC4CC4)cc3)C2)cc1. The van der Waals surface area contributed by atoms with Gasteiger partial charge in [0.2, 0.25) is 0 Å². The van der Waals surface area contributed by atoms with Gasteiger partial charge in [0.15, 0.2) is 0 Å². The second-order valence-electron chi connectivity index (χ2n) is 8.42. The number of ether oxygens (including phenoxy) is 2. The predicted octanol–water partition coefficient (Wildman–Crippen LogP) is 5.96. The minimum absolute atomic E-state index is 0.237. The van der Waals surface area contributed by atoms with Crippen molar-refractivity contribution in [3.63, 3.8) is 0 Å². The summed E-state index contributed by atoms with van der Waals surface area (Å²) in [5.74, 6) is 2.45. The third kappa shape index (κ3) is 4.89. The molecule has 0 radical (unpaired) electrons. The Kier molecular flexibility index (Phi) is 5.61. The van der Waals surface area contributed by atoms with Gasteiger partial charge in [0.05, 0.1) is 12.6 Å². The average molecular weight is 378 g/mol. The van der Waals surface area contributed by atoms with E-state index in [4.69, 9.17) is 9.47 Å². The van der Waals surface area contributed by atoms with Crippen molar-refractivity contribution in [2.24, 2.45) is 0 Å². The van der Waals surface area contributed by atoms with Crippen LogP contribution in [0.25, 0.3) is 0 Å². The fourth-order valence-corrected chi connectivity index (χ4v) is 3.88. The molecule has 1 heterocycles. The smallest absolute Gasteiger partial charge is 0.119 e. The number of anilines is 1. The molecule has 0 amide bonds. The molecule has 2 aromatic carbocycles. The molecule has 3 heteroatoms. The molecule has 0 bridgehead atoms. The Morgan fingerprint density at radius 1 is 0.964 bits per heavy atom. The average Bonchev–Trinajstić information content (AvgIpc) is 3.37. The molecule has 2 aromatic rings. The predicted molar refractivity (Wildman–Crippen MR) is 116 cm³/mol. The molecule has 28 heavy (non-hydrogen) atoms. The zero-order valence-electron chi connectivity index (χ0n) is 17.1. The molecule has 1 saturated carbocycles. The van der Waals surface area contributed by atoms with Crippen molar-refractivity contribution in [2.45, 2.75) is 57.7 Å². The van der Waals surface area contributed by atoms with Gasteiger partial charge in [-0.15, -0.1) is 6.58 Å². The lowest BCUT2D eigenvalue weighted by Crippen LogP contribution is -2.24. The maximum absolute atomic E-state index is 6.24. The van der Waals surface area contributed by atoms with E-state index in [1.807, 2.05) is 0 Å². The van der Waals surface area contributed by atoms with Gasteiger partial charge in [-0.2, -0.15) is 0 Å². The quantitative estimate of drug-likeness (QED) is 0.530. The first-order valence-corrected chi connectivity index (χ1v) is 10.5. The lowest BCUT2D eigenvalue weighted by molar-refractivity contribution is 0.225. The highest BCUT2D eigenvalue weighted by molar-refractivity contribution is 5.50. The molecular formula is C25H31NO2. The molecule has 1 aliphatic carbocycles. The van der Waals surface area contributed by atoms with Crippen LogP contribution in [0.2, 0.25) is 0 Å². The maximum Gasteiger partial charge on any atom is 0.119 e. The number of hydrogen-bond donors (Lipinski definition) is 0. The number of benzene rings is 2. The van der Waals surface area contributed by atoms with Crippen LogP contribution in [0.3, 0.4) is 0 Å². The standard InChI is InChI=1S/C25H31NO2/c1-18(2)16-19(3)20-4-8-22(9-5-20)28-25-14-15-26(17-25)21-6-10-23(11-7-21)27-24-12-13-24/h4-11,19,24-25H,1,12-17H2,2-3H3/t19-,25?/m1/s1. The third-order valence-electron chi connectivity index (χ3n) is 5.58. The molecule has 0 aromatic heterocycles. The fourth-order valence-electron chi connectivity index (χ4n) is 3.88. The summed E-state index contributed by atoms with van der Waals surface area (Å²) in [7, 11) is 0. The largest absolute Gasteiger partial charge is 0.490 e. The second-order valence-corrected chi connectivity index (χ2v) is 8.42. The van der Waals surface area contributed by atoms with Gasteiger partial charge in [-0.25, -0.2) is 0 Å². The Bertz CT molecular complexity index is 792. The van der Waals surface area contributed by atoms with Crippen molar-refractivity contribution in [1.82, 2.24) is 0 Å². The maximum atomic E-state index is 6.24. The van der Waals surface area contributed by atoms with Gasteiger partial charge in [-0.3, -0.25) is 0 Å². The van der Waals surface area contributed by atoms with Gasteiger partial charge in [-0.05, 0) is 74.1 Å². The molecular weight excluding hydrogens is 346 g/mol. The number of hydrogen-bond acceptors (Lipinski definition) is 3. The van der Waals surface area contributed by atoms with E-state index in [1.165, 1.54) is 29.7 Å². The van der Waals surface area contributed by atoms with Crippen LogP contribution in [0, 0.1) is 0 Å². The lowest BCUT2D eigenvalue weighted by atomic mass is 9.95. The van der Waals surface area contributed by atoms with Gasteiger partial charge < -0.3 is 14.4 Å². The summed E-state index contributed by atoms with van der Waals surface area (Å²) in [4.78, 5) is 2.40. The van der Waals surface area contributed by atoms with E-state index in [-0.39, 0.29) is 6.10 Å². The van der Waals surface area contributed by atoms with Gasteiger partial charge in [0, 0.05) is 18.7 Å². The Hall–Kier alpha value is -2.42. The highest BCUT2D eigenvalue weighted by Gasteiger charge is 2.25. The van der Waals surface area contributed by atoms with Gasteiger partial charge >= 0.3 is 0 Å². The fraction of sp³-hybridized carbons (Fsp3) is 0.440. The summed E-state index contributed by atoms with van der Waals surface area (Å²) >= 11 is 0. The molecule has 148 valence electrons. The minimum atomic E-state index is 0.237. The van der Waals surface area contributed by atoms with E-state index < -0.39 is 0 Å². The number of rotatable bonds is 8. The molecule has 4 rings (SSSR count). The van der Waals surface area contributed by atoms with Crippen LogP contribution in [0.5, 0.6) is 11.5 Å². The molecule has 2 atom stereocenters. The molecule has 3 nitrogen and oxygen atoms in total. The molecule has 1 saturated heterocycles. The van der Waals surface area contributed by atoms with Crippen LogP contribution >= 0.6 is 0 Å². The van der Waals surface area contributed by atoms with Crippen molar-refractivity contribution < 1.29 is 9.47 Å². The van der Waals surface area contributed by atoms with E-state index in [9.17, 15) is 0 Å². The van der Waals surface area contributed by atoms with Crippen molar-refractivity contribution in [1.29, 1.82) is 0 Å². The zero-order valence-corrected chi connectivity index (χ0v) is 17.1. The first-order valence-electron chi connectivity index (χ1n) is 10.5. The van der Waals surface area contributed by atoms with E-state index >= 15 is 0 Å². The first kappa shape index (κ1) is 18.9. The zero-order chi connectivity index (χ0) is 19.5. The topological polar surface area (TPSA) is 21.7 Å². The van der Waals surface area contributed by atoms with Gasteiger partial charge in [-0.1, -0.05) is 24.6 Å². The van der Waals surface area contributed by atoms with Crippen LogP contribution in [-0.2, 0) is 0 Å². The molecule has 2 aliphatic rings. The van der Waals surface area contributed by atoms with Crippen molar-refractivity contribution >= 4 is 5.69 Å². The summed E-state index contributed by atoms with van der Waals surface area (Å²) in [6.45, 7) is 10.3. The van der Waals surface area contributed by atoms with Crippen molar-refractivity contribution in [3.05, 3.63) is 66.2 Å². The van der Waals surface area contributed by atoms with Crippen LogP contribution in [0.15, 0.2) is 60.7 Å². The molecule has 1 unspecified atom stereocenters. The summed E-state index contributed by atoms with van der Waals surface area (Å²) in [5.41, 5.74) is 3.82. The normalized spacial score (nSPS) is 20.1. The minimum Gasteiger partial charge on any atom is -0.490 e. The second kappa shape index (κ2) is 8.30. The van der Waals surface area contributed by atoms with E-state index in [2.05, 4.69) is 73.9 Å².